The highest BCUT2D eigenvalue weighted by Crippen LogP contribution is 2.25. The molecular weight excluding hydrogens is 289 g/mol. The third-order valence-electron chi connectivity index (χ3n) is 3.05. The lowest BCUT2D eigenvalue weighted by atomic mass is 10.2. The number of likely N-dealkylation sites (tertiary alicyclic amines) is 1. The number of carboxylic acids is 1. The topological polar surface area (TPSA) is 40.5 Å². The van der Waals surface area contributed by atoms with Crippen molar-refractivity contribution in [2.75, 3.05) is 6.54 Å². The molecule has 1 fully saturated rings. The van der Waals surface area contributed by atoms with Crippen molar-refractivity contribution < 1.29 is 14.3 Å². The van der Waals surface area contributed by atoms with Gasteiger partial charge in [-0.05, 0) is 46.9 Å². The van der Waals surface area contributed by atoms with Gasteiger partial charge in [0.15, 0.2) is 0 Å². The molecule has 0 radical (unpaired) electrons. The lowest BCUT2D eigenvalue weighted by Gasteiger charge is -2.21. The zero-order valence-corrected chi connectivity index (χ0v) is 10.8. The third-order valence-corrected chi connectivity index (χ3v) is 3.94. The van der Waals surface area contributed by atoms with Crippen molar-refractivity contribution in [1.82, 2.24) is 4.90 Å². The Balaban J connectivity index is 2.15. The van der Waals surface area contributed by atoms with E-state index in [0.717, 1.165) is 18.5 Å². The molecule has 0 bridgehead atoms. The molecule has 1 unspecified atom stereocenters. The molecule has 1 N–H and O–H groups in total. The summed E-state index contributed by atoms with van der Waals surface area (Å²) in [4.78, 5) is 12.9. The van der Waals surface area contributed by atoms with Gasteiger partial charge in [-0.1, -0.05) is 12.1 Å². The summed E-state index contributed by atoms with van der Waals surface area (Å²) in [6.07, 6.45) is 1.55. The van der Waals surface area contributed by atoms with Gasteiger partial charge in [-0.2, -0.15) is 0 Å². The summed E-state index contributed by atoms with van der Waals surface area (Å²) < 4.78 is 13.8. The van der Waals surface area contributed by atoms with Gasteiger partial charge in [0.2, 0.25) is 0 Å². The molecule has 0 amide bonds. The number of nitrogens with zero attached hydrogens (tertiary/aromatic N) is 1. The summed E-state index contributed by atoms with van der Waals surface area (Å²) in [5.41, 5.74) is 0.790. The third kappa shape index (κ3) is 2.66. The van der Waals surface area contributed by atoms with Crippen LogP contribution >= 0.6 is 15.9 Å². The Morgan fingerprint density at radius 1 is 1.59 bits per heavy atom. The fraction of sp³-hybridized carbons (Fsp3) is 0.417. The standard InChI is InChI=1S/C12H13BrFNO2/c13-11-8(3-1-4-9(11)14)7-15-6-2-5-10(15)12(16)17/h1,3-4,10H,2,5-7H2,(H,16,17). The minimum atomic E-state index is -0.796. The monoisotopic (exact) mass is 301 g/mol. The summed E-state index contributed by atoms with van der Waals surface area (Å²) in [6, 6.07) is 4.39. The van der Waals surface area contributed by atoms with Crippen molar-refractivity contribution >= 4 is 21.9 Å². The highest BCUT2D eigenvalue weighted by atomic mass is 79.9. The Kier molecular flexibility index (Phi) is 3.79. The summed E-state index contributed by atoms with van der Waals surface area (Å²) in [5, 5.41) is 9.06. The molecular formula is C12H13BrFNO2. The van der Waals surface area contributed by atoms with Crippen LogP contribution in [0.4, 0.5) is 4.39 Å². The molecule has 92 valence electrons. The average Bonchev–Trinajstić information content (AvgIpc) is 2.73. The van der Waals surface area contributed by atoms with E-state index in [1.165, 1.54) is 6.07 Å². The number of halogens is 2. The van der Waals surface area contributed by atoms with Crippen molar-refractivity contribution in [2.45, 2.75) is 25.4 Å². The first-order valence-electron chi connectivity index (χ1n) is 5.49. The highest BCUT2D eigenvalue weighted by Gasteiger charge is 2.30. The van der Waals surface area contributed by atoms with Crippen LogP contribution < -0.4 is 0 Å². The smallest absolute Gasteiger partial charge is 0.320 e. The first-order valence-corrected chi connectivity index (χ1v) is 6.28. The molecule has 1 atom stereocenters. The van der Waals surface area contributed by atoms with E-state index in [2.05, 4.69) is 15.9 Å². The van der Waals surface area contributed by atoms with Crippen LogP contribution in [0, 0.1) is 5.82 Å². The van der Waals surface area contributed by atoms with Gasteiger partial charge < -0.3 is 5.11 Å². The molecule has 0 aliphatic carbocycles. The van der Waals surface area contributed by atoms with E-state index in [1.54, 1.807) is 6.07 Å². The van der Waals surface area contributed by atoms with E-state index in [0.29, 0.717) is 17.4 Å². The van der Waals surface area contributed by atoms with E-state index in [1.807, 2.05) is 11.0 Å². The number of aliphatic carboxylic acids is 1. The lowest BCUT2D eigenvalue weighted by Crippen LogP contribution is -2.35. The molecule has 1 aromatic carbocycles. The lowest BCUT2D eigenvalue weighted by molar-refractivity contribution is -0.142. The summed E-state index contributed by atoms with van der Waals surface area (Å²) in [6.45, 7) is 1.22. The molecule has 1 aromatic rings. The van der Waals surface area contributed by atoms with Crippen molar-refractivity contribution in [2.24, 2.45) is 0 Å². The van der Waals surface area contributed by atoms with Gasteiger partial charge in [0.25, 0.3) is 0 Å². The molecule has 2 rings (SSSR count). The van der Waals surface area contributed by atoms with E-state index < -0.39 is 12.0 Å². The molecule has 1 aliphatic rings. The Morgan fingerprint density at radius 2 is 2.35 bits per heavy atom. The van der Waals surface area contributed by atoms with Gasteiger partial charge in [-0.25, -0.2) is 4.39 Å². The average molecular weight is 302 g/mol. The molecule has 5 heteroatoms. The van der Waals surface area contributed by atoms with Crippen molar-refractivity contribution in [3.05, 3.63) is 34.1 Å². The Morgan fingerprint density at radius 3 is 3.06 bits per heavy atom. The minimum Gasteiger partial charge on any atom is -0.480 e. The number of carbonyl (C=O) groups is 1. The molecule has 17 heavy (non-hydrogen) atoms. The normalized spacial score (nSPS) is 20.7. The maximum absolute atomic E-state index is 13.3. The number of hydrogen-bond donors (Lipinski definition) is 1. The molecule has 1 aliphatic heterocycles. The number of benzene rings is 1. The second-order valence-corrected chi connectivity index (χ2v) is 4.97. The van der Waals surface area contributed by atoms with Crippen molar-refractivity contribution in [1.29, 1.82) is 0 Å². The summed E-state index contributed by atoms with van der Waals surface area (Å²) in [7, 11) is 0. The van der Waals surface area contributed by atoms with Gasteiger partial charge in [-0.15, -0.1) is 0 Å². The largest absolute Gasteiger partial charge is 0.480 e. The number of hydrogen-bond acceptors (Lipinski definition) is 2. The van der Waals surface area contributed by atoms with Crippen LogP contribution in [0.3, 0.4) is 0 Å². The van der Waals surface area contributed by atoms with Crippen LogP contribution in [0.25, 0.3) is 0 Å². The predicted molar refractivity (Wildman–Crippen MR) is 65.2 cm³/mol. The predicted octanol–water partition coefficient (Wildman–Crippen LogP) is 2.64. The summed E-state index contributed by atoms with van der Waals surface area (Å²) >= 11 is 3.20. The second kappa shape index (κ2) is 5.14. The Bertz CT molecular complexity index is 439. The van der Waals surface area contributed by atoms with Crippen molar-refractivity contribution in [3.63, 3.8) is 0 Å². The molecule has 1 saturated heterocycles. The van der Waals surface area contributed by atoms with Gasteiger partial charge in [-0.3, -0.25) is 9.69 Å². The fourth-order valence-electron chi connectivity index (χ4n) is 2.18. The van der Waals surface area contributed by atoms with E-state index >= 15 is 0 Å². The van der Waals surface area contributed by atoms with Gasteiger partial charge >= 0.3 is 5.97 Å². The first-order chi connectivity index (χ1) is 8.09. The van der Waals surface area contributed by atoms with Crippen LogP contribution in [0.5, 0.6) is 0 Å². The zero-order chi connectivity index (χ0) is 12.4. The number of rotatable bonds is 3. The van der Waals surface area contributed by atoms with Crippen molar-refractivity contribution in [3.8, 4) is 0 Å². The zero-order valence-electron chi connectivity index (χ0n) is 9.20. The maximum Gasteiger partial charge on any atom is 0.320 e. The maximum atomic E-state index is 13.3. The van der Waals surface area contributed by atoms with E-state index in [4.69, 9.17) is 5.11 Å². The van der Waals surface area contributed by atoms with Crippen LogP contribution in [0.15, 0.2) is 22.7 Å². The quantitative estimate of drug-likeness (QED) is 0.933. The molecule has 1 heterocycles. The van der Waals surface area contributed by atoms with Crippen LogP contribution in [-0.2, 0) is 11.3 Å². The second-order valence-electron chi connectivity index (χ2n) is 4.18. The highest BCUT2D eigenvalue weighted by molar-refractivity contribution is 9.10. The van der Waals surface area contributed by atoms with E-state index in [-0.39, 0.29) is 5.82 Å². The Hall–Kier alpha value is -0.940. The Labute approximate surface area is 107 Å². The van der Waals surface area contributed by atoms with Crippen LogP contribution in [0.2, 0.25) is 0 Å². The van der Waals surface area contributed by atoms with E-state index in [9.17, 15) is 9.18 Å². The van der Waals surface area contributed by atoms with Gasteiger partial charge in [0.05, 0.1) is 4.47 Å². The first kappa shape index (κ1) is 12.5. The minimum absolute atomic E-state index is 0.312. The molecule has 3 nitrogen and oxygen atoms in total. The van der Waals surface area contributed by atoms with Crippen LogP contribution in [-0.4, -0.2) is 28.6 Å². The fourth-order valence-corrected chi connectivity index (χ4v) is 2.57. The molecule has 0 saturated carbocycles. The van der Waals surface area contributed by atoms with Gasteiger partial charge in [0, 0.05) is 6.54 Å². The van der Waals surface area contributed by atoms with Gasteiger partial charge in [0.1, 0.15) is 11.9 Å². The number of carboxylic acid groups (broad SMARTS) is 1. The molecule has 0 aromatic heterocycles. The summed E-state index contributed by atoms with van der Waals surface area (Å²) in [5.74, 6) is -1.11. The molecule has 0 spiro atoms. The van der Waals surface area contributed by atoms with Crippen LogP contribution in [0.1, 0.15) is 18.4 Å². The SMILES string of the molecule is O=C(O)C1CCCN1Cc1cccc(F)c1Br.